The average molecular weight is 681 g/mol. The van der Waals surface area contributed by atoms with Crippen LogP contribution < -0.4 is 4.74 Å². The lowest BCUT2D eigenvalue weighted by atomic mass is 9.63. The van der Waals surface area contributed by atoms with Crippen molar-refractivity contribution < 1.29 is 45.6 Å². The van der Waals surface area contributed by atoms with Crippen molar-refractivity contribution in [2.45, 2.75) is 35.7 Å². The van der Waals surface area contributed by atoms with Crippen LogP contribution in [0.4, 0.5) is 0 Å². The topological polar surface area (TPSA) is 171 Å². The lowest BCUT2D eigenvalue weighted by molar-refractivity contribution is 0.220. The van der Waals surface area contributed by atoms with E-state index in [1.165, 1.54) is 12.1 Å². The van der Waals surface area contributed by atoms with Crippen molar-refractivity contribution in [2.24, 2.45) is 0 Å². The van der Waals surface area contributed by atoms with Crippen LogP contribution in [0.5, 0.6) is 51.7 Å². The molecule has 0 aromatic heterocycles. The number of hydrogen-bond acceptors (Lipinski definition) is 9. The van der Waals surface area contributed by atoms with Gasteiger partial charge in [-0.15, -0.1) is 0 Å². The lowest BCUT2D eigenvalue weighted by Gasteiger charge is -2.39. The molecule has 0 fully saturated rings. The molecule has 6 aromatic carbocycles. The van der Waals surface area contributed by atoms with E-state index in [4.69, 9.17) is 4.74 Å². The molecular formula is C42H32O9. The van der Waals surface area contributed by atoms with Crippen LogP contribution in [0.1, 0.15) is 85.8 Å². The molecule has 0 spiro atoms. The van der Waals surface area contributed by atoms with Crippen LogP contribution in [0, 0.1) is 0 Å². The molecule has 0 unspecified atom stereocenters. The predicted molar refractivity (Wildman–Crippen MR) is 186 cm³/mol. The summed E-state index contributed by atoms with van der Waals surface area (Å²) >= 11 is 0. The van der Waals surface area contributed by atoms with Crippen molar-refractivity contribution in [3.63, 3.8) is 0 Å². The van der Waals surface area contributed by atoms with Gasteiger partial charge in [-0.05, 0) is 88.0 Å². The van der Waals surface area contributed by atoms with Crippen LogP contribution in [-0.4, -0.2) is 40.9 Å². The highest BCUT2D eigenvalue weighted by atomic mass is 16.5. The van der Waals surface area contributed by atoms with Gasteiger partial charge >= 0.3 is 0 Å². The Hall–Kier alpha value is -6.48. The third-order valence-corrected chi connectivity index (χ3v) is 10.9. The van der Waals surface area contributed by atoms with Crippen LogP contribution in [-0.2, 0) is 0 Å². The molecule has 2 aliphatic carbocycles. The number of hydrogen-bond donors (Lipinski definition) is 8. The van der Waals surface area contributed by atoms with Gasteiger partial charge in [0.15, 0.2) is 0 Å². The maximum atomic E-state index is 12.0. The van der Waals surface area contributed by atoms with E-state index in [-0.39, 0.29) is 46.0 Å². The molecule has 0 bridgehead atoms. The normalized spacial score (nSPS) is 22.5. The van der Waals surface area contributed by atoms with Crippen LogP contribution in [0.25, 0.3) is 0 Å². The third kappa shape index (κ3) is 4.61. The molecule has 0 saturated heterocycles. The monoisotopic (exact) mass is 680 g/mol. The number of benzene rings is 6. The van der Waals surface area contributed by atoms with Crippen LogP contribution in [0.3, 0.4) is 0 Å². The van der Waals surface area contributed by atoms with Gasteiger partial charge in [-0.3, -0.25) is 0 Å². The highest BCUT2D eigenvalue weighted by Crippen LogP contribution is 2.69. The Balaban J connectivity index is 1.44. The summed E-state index contributed by atoms with van der Waals surface area (Å²) in [4.78, 5) is 0. The Morgan fingerprint density at radius 1 is 0.353 bits per heavy atom. The van der Waals surface area contributed by atoms with Gasteiger partial charge in [-0.2, -0.15) is 0 Å². The van der Waals surface area contributed by atoms with E-state index in [9.17, 15) is 40.9 Å². The predicted octanol–water partition coefficient (Wildman–Crippen LogP) is 7.76. The number of phenols is 8. The Bertz CT molecular complexity index is 2350. The van der Waals surface area contributed by atoms with Gasteiger partial charge in [-0.25, -0.2) is 0 Å². The van der Waals surface area contributed by atoms with E-state index in [2.05, 4.69) is 0 Å². The van der Waals surface area contributed by atoms with Gasteiger partial charge < -0.3 is 45.6 Å². The highest BCUT2D eigenvalue weighted by Gasteiger charge is 2.54. The molecule has 1 heterocycles. The summed E-state index contributed by atoms with van der Waals surface area (Å²) < 4.78 is 6.71. The fourth-order valence-corrected chi connectivity index (χ4v) is 9.07. The fraction of sp³-hybridized carbons (Fsp3) is 0.143. The van der Waals surface area contributed by atoms with Gasteiger partial charge in [-0.1, -0.05) is 36.4 Å². The van der Waals surface area contributed by atoms with Gasteiger partial charge in [0.1, 0.15) is 57.8 Å². The second-order valence-electron chi connectivity index (χ2n) is 13.7. The summed E-state index contributed by atoms with van der Waals surface area (Å²) in [5.41, 5.74) is 5.78. The van der Waals surface area contributed by atoms with Crippen molar-refractivity contribution in [1.29, 1.82) is 0 Å². The highest BCUT2D eigenvalue weighted by molar-refractivity contribution is 5.69. The first-order valence-electron chi connectivity index (χ1n) is 16.6. The summed E-state index contributed by atoms with van der Waals surface area (Å²) in [5.74, 6) is -3.24. The first-order chi connectivity index (χ1) is 24.6. The molecule has 8 N–H and O–H groups in total. The minimum absolute atomic E-state index is 0.0388. The molecule has 3 aliphatic rings. The number of rotatable bonds is 3. The van der Waals surface area contributed by atoms with Crippen molar-refractivity contribution in [3.05, 3.63) is 159 Å². The molecule has 254 valence electrons. The fourth-order valence-electron chi connectivity index (χ4n) is 9.07. The zero-order chi connectivity index (χ0) is 35.3. The van der Waals surface area contributed by atoms with Crippen molar-refractivity contribution in [2.75, 3.05) is 0 Å². The number of phenolic OH excluding ortho intramolecular Hbond substituents is 8. The summed E-state index contributed by atoms with van der Waals surface area (Å²) in [5, 5.41) is 87.9. The summed E-state index contributed by atoms with van der Waals surface area (Å²) in [6.45, 7) is 0. The molecule has 6 aromatic rings. The lowest BCUT2D eigenvalue weighted by Crippen LogP contribution is -2.26. The zero-order valence-electron chi connectivity index (χ0n) is 26.8. The second kappa shape index (κ2) is 11.0. The summed E-state index contributed by atoms with van der Waals surface area (Å²) in [6.07, 6.45) is -0.716. The van der Waals surface area contributed by atoms with Crippen LogP contribution >= 0.6 is 0 Å². The molecule has 0 radical (unpaired) electrons. The maximum Gasteiger partial charge on any atom is 0.135 e. The molecule has 9 rings (SSSR count). The molecule has 0 amide bonds. The molecule has 6 atom stereocenters. The minimum atomic E-state index is -0.716. The average Bonchev–Trinajstić information content (AvgIpc) is 3.62. The number of aromatic hydroxyl groups is 8. The Labute approximate surface area is 291 Å². The summed E-state index contributed by atoms with van der Waals surface area (Å²) in [6, 6.07) is 29.0. The second-order valence-corrected chi connectivity index (χ2v) is 13.7. The van der Waals surface area contributed by atoms with E-state index in [1.54, 1.807) is 97.1 Å². The van der Waals surface area contributed by atoms with E-state index < -0.39 is 35.7 Å². The SMILES string of the molecule is Oc1ccc([C@@H]2c3c(O)cc(O)cc3[C@@H]3[C@@H](c4ccc(O)cc4)c4c(O)cc(O)cc4[C@H]4c5c(cc(O)cc5[C@H]23)O[C@@H]4c2ccc(O)cc2)cc1. The zero-order valence-corrected chi connectivity index (χ0v) is 26.8. The molecule has 51 heavy (non-hydrogen) atoms. The Morgan fingerprint density at radius 3 is 1.24 bits per heavy atom. The first kappa shape index (κ1) is 30.6. The summed E-state index contributed by atoms with van der Waals surface area (Å²) in [7, 11) is 0. The smallest absolute Gasteiger partial charge is 0.135 e. The van der Waals surface area contributed by atoms with E-state index >= 15 is 0 Å². The van der Waals surface area contributed by atoms with E-state index in [1.807, 2.05) is 0 Å². The molecule has 9 heteroatoms. The Kier molecular flexibility index (Phi) is 6.60. The largest absolute Gasteiger partial charge is 0.508 e. The molecular weight excluding hydrogens is 648 g/mol. The minimum Gasteiger partial charge on any atom is -0.508 e. The first-order valence-corrected chi connectivity index (χ1v) is 16.6. The van der Waals surface area contributed by atoms with Gasteiger partial charge in [0.25, 0.3) is 0 Å². The molecule has 0 saturated carbocycles. The van der Waals surface area contributed by atoms with E-state index in [0.717, 1.165) is 11.1 Å². The quantitative estimate of drug-likeness (QED) is 0.0931. The van der Waals surface area contributed by atoms with Crippen molar-refractivity contribution in [3.8, 4) is 51.7 Å². The molecule has 9 nitrogen and oxygen atoms in total. The van der Waals surface area contributed by atoms with Crippen molar-refractivity contribution in [1.82, 2.24) is 0 Å². The Morgan fingerprint density at radius 2 is 0.745 bits per heavy atom. The van der Waals surface area contributed by atoms with Crippen LogP contribution in [0.2, 0.25) is 0 Å². The van der Waals surface area contributed by atoms with Crippen molar-refractivity contribution >= 4 is 0 Å². The van der Waals surface area contributed by atoms with Crippen LogP contribution in [0.15, 0.2) is 109 Å². The number of ether oxygens (including phenoxy) is 1. The maximum absolute atomic E-state index is 12.0. The third-order valence-electron chi connectivity index (χ3n) is 10.9. The van der Waals surface area contributed by atoms with Gasteiger partial charge in [0, 0.05) is 58.6 Å². The van der Waals surface area contributed by atoms with E-state index in [0.29, 0.717) is 44.7 Å². The molecule has 1 aliphatic heterocycles. The number of fused-ring (bicyclic) bond motifs is 6. The van der Waals surface area contributed by atoms with Gasteiger partial charge in [0.2, 0.25) is 0 Å². The standard InChI is InChI=1S/C42H32O9/c43-22-7-1-19(2-8-22)34-36-28(13-25(46)16-31(36)49)39-35(20-3-9-23(44)10-4-20)37-29(14-26(47)17-32(37)50)41-38-30(40(34)39)15-27(48)18-33(38)51-42(41)21-5-11-24(45)12-6-21/h1-18,34-35,39-50H/t34-,35+,39-,40-,41+,42-/m1/s1. The van der Waals surface area contributed by atoms with Gasteiger partial charge in [0.05, 0.1) is 5.92 Å².